The van der Waals surface area contributed by atoms with Gasteiger partial charge in [-0.15, -0.1) is 0 Å². The average molecular weight is 226 g/mol. The Morgan fingerprint density at radius 1 is 1.69 bits per heavy atom. The predicted molar refractivity (Wildman–Crippen MR) is 55.8 cm³/mol. The number of nitrogens with one attached hydrogen (secondary N) is 1. The molecule has 88 valence electrons. The quantitative estimate of drug-likeness (QED) is 0.599. The maximum absolute atomic E-state index is 11.1. The number of carboxylic acids is 1. The van der Waals surface area contributed by atoms with Crippen LogP contribution in [0.5, 0.6) is 0 Å². The molecule has 0 aromatic carbocycles. The van der Waals surface area contributed by atoms with Crippen LogP contribution in [-0.4, -0.2) is 39.1 Å². The van der Waals surface area contributed by atoms with E-state index in [9.17, 15) is 9.59 Å². The first-order valence-electron chi connectivity index (χ1n) is 4.79. The fourth-order valence-corrected chi connectivity index (χ4v) is 1.06. The Kier molecular flexibility index (Phi) is 4.01. The largest absolute Gasteiger partial charge is 0.476 e. The Balaban J connectivity index is 2.37. The predicted octanol–water partition coefficient (Wildman–Crippen LogP) is -0.955. The summed E-state index contributed by atoms with van der Waals surface area (Å²) in [5, 5.41) is 11.2. The van der Waals surface area contributed by atoms with Gasteiger partial charge in [-0.1, -0.05) is 0 Å². The number of rotatable bonds is 5. The minimum atomic E-state index is -1.07. The Morgan fingerprint density at radius 2 is 2.38 bits per heavy atom. The SMILES string of the molecule is C[C@H](N)C(=O)NCCn1cnc(C(=O)O)c1. The highest BCUT2D eigenvalue weighted by Gasteiger charge is 2.07. The molecule has 0 aliphatic heterocycles. The van der Waals surface area contributed by atoms with E-state index in [0.717, 1.165) is 0 Å². The van der Waals surface area contributed by atoms with Crippen LogP contribution in [0.1, 0.15) is 17.4 Å². The first-order chi connectivity index (χ1) is 7.50. The van der Waals surface area contributed by atoms with Crippen molar-refractivity contribution in [2.24, 2.45) is 5.73 Å². The molecule has 0 aliphatic rings. The van der Waals surface area contributed by atoms with Crippen LogP contribution in [0, 0.1) is 0 Å². The molecule has 0 unspecified atom stereocenters. The van der Waals surface area contributed by atoms with Gasteiger partial charge in [-0.25, -0.2) is 9.78 Å². The Bertz CT molecular complexity index is 386. The molecule has 16 heavy (non-hydrogen) atoms. The van der Waals surface area contributed by atoms with Crippen molar-refractivity contribution in [1.29, 1.82) is 0 Å². The van der Waals surface area contributed by atoms with Crippen molar-refractivity contribution in [3.05, 3.63) is 18.2 Å². The van der Waals surface area contributed by atoms with Crippen LogP contribution < -0.4 is 11.1 Å². The smallest absolute Gasteiger partial charge is 0.356 e. The van der Waals surface area contributed by atoms with Crippen LogP contribution in [-0.2, 0) is 11.3 Å². The van der Waals surface area contributed by atoms with Gasteiger partial charge in [0.1, 0.15) is 0 Å². The summed E-state index contributed by atoms with van der Waals surface area (Å²) in [6.45, 7) is 2.43. The van der Waals surface area contributed by atoms with Crippen molar-refractivity contribution in [2.75, 3.05) is 6.54 Å². The van der Waals surface area contributed by atoms with E-state index in [-0.39, 0.29) is 11.6 Å². The van der Waals surface area contributed by atoms with Crippen molar-refractivity contribution < 1.29 is 14.7 Å². The van der Waals surface area contributed by atoms with Gasteiger partial charge in [0.05, 0.1) is 12.4 Å². The standard InChI is InChI=1S/C9H14N4O3/c1-6(10)8(14)11-2-3-13-4-7(9(15)16)12-5-13/h4-6H,2-3,10H2,1H3,(H,11,14)(H,15,16)/t6-/m0/s1. The number of aromatic carboxylic acids is 1. The zero-order valence-corrected chi connectivity index (χ0v) is 8.88. The second-order valence-corrected chi connectivity index (χ2v) is 3.38. The molecule has 0 aliphatic carbocycles. The van der Waals surface area contributed by atoms with Crippen LogP contribution in [0.15, 0.2) is 12.5 Å². The van der Waals surface area contributed by atoms with Gasteiger partial charge in [-0.05, 0) is 6.92 Å². The topological polar surface area (TPSA) is 110 Å². The third-order valence-electron chi connectivity index (χ3n) is 1.94. The molecule has 1 aromatic rings. The number of carbonyl (C=O) groups is 2. The molecule has 1 rings (SSSR count). The molecular weight excluding hydrogens is 212 g/mol. The first-order valence-corrected chi connectivity index (χ1v) is 4.79. The van der Waals surface area contributed by atoms with Crippen molar-refractivity contribution in [1.82, 2.24) is 14.9 Å². The second-order valence-electron chi connectivity index (χ2n) is 3.38. The molecule has 0 fully saturated rings. The molecule has 0 bridgehead atoms. The lowest BCUT2D eigenvalue weighted by atomic mass is 10.3. The fourth-order valence-electron chi connectivity index (χ4n) is 1.06. The second kappa shape index (κ2) is 5.26. The molecule has 0 saturated heterocycles. The van der Waals surface area contributed by atoms with E-state index >= 15 is 0 Å². The number of aromatic nitrogens is 2. The van der Waals surface area contributed by atoms with Crippen molar-refractivity contribution >= 4 is 11.9 Å². The molecule has 1 aromatic heterocycles. The zero-order valence-electron chi connectivity index (χ0n) is 8.88. The highest BCUT2D eigenvalue weighted by molar-refractivity contribution is 5.84. The Morgan fingerprint density at radius 3 is 2.88 bits per heavy atom. The van der Waals surface area contributed by atoms with Gasteiger partial charge in [-0.3, -0.25) is 4.79 Å². The maximum atomic E-state index is 11.1. The summed E-state index contributed by atoms with van der Waals surface area (Å²) in [7, 11) is 0. The summed E-state index contributed by atoms with van der Waals surface area (Å²) in [6.07, 6.45) is 2.81. The van der Waals surface area contributed by atoms with Crippen molar-refractivity contribution in [3.63, 3.8) is 0 Å². The minimum absolute atomic E-state index is 0.0153. The molecule has 7 nitrogen and oxygen atoms in total. The van der Waals surface area contributed by atoms with E-state index in [0.29, 0.717) is 13.1 Å². The molecule has 0 spiro atoms. The van der Waals surface area contributed by atoms with Crippen molar-refractivity contribution in [3.8, 4) is 0 Å². The molecule has 4 N–H and O–H groups in total. The summed E-state index contributed by atoms with van der Waals surface area (Å²) in [5.41, 5.74) is 5.34. The summed E-state index contributed by atoms with van der Waals surface area (Å²) < 4.78 is 1.59. The van der Waals surface area contributed by atoms with Crippen LogP contribution in [0.3, 0.4) is 0 Å². The third-order valence-corrected chi connectivity index (χ3v) is 1.94. The van der Waals surface area contributed by atoms with Gasteiger partial charge >= 0.3 is 5.97 Å². The molecule has 0 saturated carbocycles. The van der Waals surface area contributed by atoms with E-state index in [1.807, 2.05) is 0 Å². The highest BCUT2D eigenvalue weighted by Crippen LogP contribution is 1.95. The number of carboxylic acid groups (broad SMARTS) is 1. The van der Waals surface area contributed by atoms with Gasteiger partial charge in [-0.2, -0.15) is 0 Å². The van der Waals surface area contributed by atoms with Crippen LogP contribution in [0.4, 0.5) is 0 Å². The molecule has 1 amide bonds. The van der Waals surface area contributed by atoms with E-state index in [4.69, 9.17) is 10.8 Å². The van der Waals surface area contributed by atoms with Crippen LogP contribution >= 0.6 is 0 Å². The molecule has 7 heteroatoms. The molecule has 1 heterocycles. The van der Waals surface area contributed by atoms with E-state index in [1.54, 1.807) is 11.5 Å². The summed E-state index contributed by atoms with van der Waals surface area (Å²) in [5.74, 6) is -1.31. The van der Waals surface area contributed by atoms with Gasteiger partial charge in [0.25, 0.3) is 0 Å². The molecule has 0 radical (unpaired) electrons. The summed E-state index contributed by atoms with van der Waals surface area (Å²) >= 11 is 0. The first kappa shape index (κ1) is 12.2. The number of hydrogen-bond acceptors (Lipinski definition) is 4. The van der Waals surface area contributed by atoms with Crippen LogP contribution in [0.25, 0.3) is 0 Å². The normalized spacial score (nSPS) is 12.1. The Hall–Kier alpha value is -1.89. The number of imidazole rings is 1. The third kappa shape index (κ3) is 3.35. The van der Waals surface area contributed by atoms with Gasteiger partial charge in [0, 0.05) is 19.3 Å². The van der Waals surface area contributed by atoms with Gasteiger partial charge in [0.15, 0.2) is 5.69 Å². The fraction of sp³-hybridized carbons (Fsp3) is 0.444. The average Bonchev–Trinajstić information content (AvgIpc) is 2.66. The zero-order chi connectivity index (χ0) is 12.1. The summed E-state index contributed by atoms with van der Waals surface area (Å²) in [4.78, 5) is 25.3. The minimum Gasteiger partial charge on any atom is -0.476 e. The lowest BCUT2D eigenvalue weighted by Crippen LogP contribution is -2.39. The lowest BCUT2D eigenvalue weighted by Gasteiger charge is -2.07. The molecular formula is C9H14N4O3. The van der Waals surface area contributed by atoms with Crippen molar-refractivity contribution in [2.45, 2.75) is 19.5 Å². The number of amides is 1. The van der Waals surface area contributed by atoms with E-state index in [2.05, 4.69) is 10.3 Å². The molecule has 1 atom stereocenters. The highest BCUT2D eigenvalue weighted by atomic mass is 16.4. The lowest BCUT2D eigenvalue weighted by molar-refractivity contribution is -0.122. The van der Waals surface area contributed by atoms with E-state index in [1.165, 1.54) is 12.5 Å². The summed E-state index contributed by atoms with van der Waals surface area (Å²) in [6, 6.07) is -0.544. The van der Waals surface area contributed by atoms with Crippen LogP contribution in [0.2, 0.25) is 0 Å². The van der Waals surface area contributed by atoms with Gasteiger partial charge in [0.2, 0.25) is 5.91 Å². The number of hydrogen-bond donors (Lipinski definition) is 3. The van der Waals surface area contributed by atoms with E-state index < -0.39 is 12.0 Å². The van der Waals surface area contributed by atoms with Gasteiger partial charge < -0.3 is 20.7 Å². The monoisotopic (exact) mass is 226 g/mol. The Labute approximate surface area is 92.3 Å². The number of nitrogens with two attached hydrogens (primary N) is 1. The maximum Gasteiger partial charge on any atom is 0.356 e. The number of nitrogens with zero attached hydrogens (tertiary/aromatic N) is 2. The number of carbonyl (C=O) groups excluding carboxylic acids is 1.